The molecule has 2 rings (SSSR count). The third-order valence-corrected chi connectivity index (χ3v) is 6.47. The van der Waals surface area contributed by atoms with Crippen LogP contribution in [0, 0.1) is 0 Å². The molecule has 0 aromatic rings. The van der Waals surface area contributed by atoms with Gasteiger partial charge in [0.25, 0.3) is 10.1 Å². The van der Waals surface area contributed by atoms with Crippen LogP contribution in [0.25, 0.3) is 0 Å². The zero-order valence-electron chi connectivity index (χ0n) is 18.3. The molecule has 0 aliphatic carbocycles. The number of rotatable bonds is 10. The van der Waals surface area contributed by atoms with E-state index in [-0.39, 0.29) is 54.3 Å². The van der Waals surface area contributed by atoms with E-state index >= 15 is 0 Å². The summed E-state index contributed by atoms with van der Waals surface area (Å²) in [6.45, 7) is 8.75. The Balaban J connectivity index is 0.000000562. The van der Waals surface area contributed by atoms with Crippen molar-refractivity contribution in [2.24, 2.45) is 0 Å². The minimum Gasteiger partial charge on any atom is -0.748 e. The summed E-state index contributed by atoms with van der Waals surface area (Å²) >= 11 is 0. The van der Waals surface area contributed by atoms with Crippen molar-refractivity contribution in [3.63, 3.8) is 0 Å². The van der Waals surface area contributed by atoms with Crippen LogP contribution >= 0.6 is 0 Å². The SMILES string of the molecule is O=S(=O)(O)CCN1CCN(CCO)CC1.O=S(=O)([O-])CCN1CCN(CCO)CC1.[Na+]. The van der Waals surface area contributed by atoms with Gasteiger partial charge >= 0.3 is 29.6 Å². The Kier molecular flexibility index (Phi) is 16.6. The van der Waals surface area contributed by atoms with Crippen LogP contribution in [0.4, 0.5) is 0 Å². The number of hydrogen-bond acceptors (Lipinski definition) is 11. The normalized spacial score (nSPS) is 20.0. The summed E-state index contributed by atoms with van der Waals surface area (Å²) in [7, 11) is -7.94. The molecule has 0 spiro atoms. The van der Waals surface area contributed by atoms with Gasteiger partial charge in [-0.25, -0.2) is 8.42 Å². The summed E-state index contributed by atoms with van der Waals surface area (Å²) in [4.78, 5) is 8.21. The molecule has 0 aromatic heterocycles. The molecule has 0 atom stereocenters. The predicted molar refractivity (Wildman–Crippen MR) is 111 cm³/mol. The smallest absolute Gasteiger partial charge is 0.748 e. The molecule has 2 saturated heterocycles. The fourth-order valence-corrected chi connectivity index (χ4v) is 4.21. The monoisotopic (exact) mass is 498 g/mol. The van der Waals surface area contributed by atoms with Crippen molar-refractivity contribution in [1.82, 2.24) is 19.6 Å². The van der Waals surface area contributed by atoms with Gasteiger partial charge in [0.15, 0.2) is 0 Å². The quantitative estimate of drug-likeness (QED) is 0.193. The molecule has 2 aliphatic rings. The molecular weight excluding hydrogens is 463 g/mol. The van der Waals surface area contributed by atoms with Crippen LogP contribution in [0.5, 0.6) is 0 Å². The molecule has 180 valence electrons. The molecule has 2 fully saturated rings. The van der Waals surface area contributed by atoms with Crippen LogP contribution < -0.4 is 29.6 Å². The number of aliphatic hydroxyl groups excluding tert-OH is 2. The summed E-state index contributed by atoms with van der Waals surface area (Å²) in [5.41, 5.74) is 0. The van der Waals surface area contributed by atoms with Crippen molar-refractivity contribution in [2.45, 2.75) is 0 Å². The third-order valence-electron chi connectivity index (χ3n) is 5.09. The maximum Gasteiger partial charge on any atom is 1.00 e. The average molecular weight is 499 g/mol. The van der Waals surface area contributed by atoms with Crippen LogP contribution in [0.1, 0.15) is 0 Å². The fourth-order valence-electron chi connectivity index (χ4n) is 3.24. The Morgan fingerprint density at radius 2 is 0.903 bits per heavy atom. The molecule has 31 heavy (non-hydrogen) atoms. The zero-order valence-corrected chi connectivity index (χ0v) is 21.9. The standard InChI is InChI=1S/2C8H18N2O4S.Na/c2*11-7-5-9-1-3-10(4-2-9)6-8-15(12,13)14;/h2*11H,1-8H2,(H,12,13,14);/q;;+1/p-1. The van der Waals surface area contributed by atoms with Gasteiger partial charge in [0, 0.05) is 78.5 Å². The van der Waals surface area contributed by atoms with Crippen LogP contribution in [-0.2, 0) is 20.2 Å². The first-order chi connectivity index (χ1) is 14.0. The Hall–Kier alpha value is 0.580. The van der Waals surface area contributed by atoms with Crippen molar-refractivity contribution < 1.29 is 65.7 Å². The molecule has 12 nitrogen and oxygen atoms in total. The van der Waals surface area contributed by atoms with E-state index in [0.29, 0.717) is 26.2 Å². The fraction of sp³-hybridized carbons (Fsp3) is 1.00. The first kappa shape index (κ1) is 31.6. The number of nitrogens with zero attached hydrogens (tertiary/aromatic N) is 4. The molecular formula is C16H35N4NaO8S2. The molecule has 15 heteroatoms. The van der Waals surface area contributed by atoms with Crippen LogP contribution in [-0.4, -0.2) is 159 Å². The number of β-amino-alcohol motifs (C(OH)–C–C–N with tert-alkyl or cyclic N) is 2. The summed E-state index contributed by atoms with van der Waals surface area (Å²) < 4.78 is 60.9. The van der Waals surface area contributed by atoms with E-state index in [1.54, 1.807) is 0 Å². The largest absolute Gasteiger partial charge is 1.00 e. The van der Waals surface area contributed by atoms with E-state index in [1.165, 1.54) is 0 Å². The van der Waals surface area contributed by atoms with E-state index in [4.69, 9.17) is 14.8 Å². The zero-order chi connectivity index (χ0) is 22.6. The predicted octanol–water partition coefficient (Wildman–Crippen LogP) is -6.37. The Labute approximate surface area is 208 Å². The minimum absolute atomic E-state index is 0. The van der Waals surface area contributed by atoms with Crippen molar-refractivity contribution in [2.75, 3.05) is 103 Å². The summed E-state index contributed by atoms with van der Waals surface area (Å²) in [6.07, 6.45) is 0. The van der Waals surface area contributed by atoms with Gasteiger partial charge in [-0.3, -0.25) is 24.2 Å². The first-order valence-electron chi connectivity index (χ1n) is 10.0. The van der Waals surface area contributed by atoms with Gasteiger partial charge in [0.1, 0.15) is 0 Å². The Morgan fingerprint density at radius 3 is 1.16 bits per heavy atom. The van der Waals surface area contributed by atoms with Gasteiger partial charge in [-0.2, -0.15) is 8.42 Å². The molecule has 2 aliphatic heterocycles. The second kappa shape index (κ2) is 16.2. The van der Waals surface area contributed by atoms with Crippen molar-refractivity contribution in [3.05, 3.63) is 0 Å². The first-order valence-corrected chi connectivity index (χ1v) is 13.2. The maximum atomic E-state index is 10.5. The Bertz CT molecular complexity index is 609. The van der Waals surface area contributed by atoms with Crippen molar-refractivity contribution >= 4 is 20.2 Å². The van der Waals surface area contributed by atoms with Gasteiger partial charge in [-0.1, -0.05) is 0 Å². The summed E-state index contributed by atoms with van der Waals surface area (Å²) in [5.74, 6) is -0.514. The molecule has 0 radical (unpaired) electrons. The van der Waals surface area contributed by atoms with E-state index in [2.05, 4.69) is 9.80 Å². The van der Waals surface area contributed by atoms with Crippen molar-refractivity contribution in [1.29, 1.82) is 0 Å². The maximum absolute atomic E-state index is 10.5. The molecule has 0 aromatic carbocycles. The van der Waals surface area contributed by atoms with Crippen molar-refractivity contribution in [3.8, 4) is 0 Å². The van der Waals surface area contributed by atoms with E-state index in [1.807, 2.05) is 9.80 Å². The van der Waals surface area contributed by atoms with Crippen LogP contribution in [0.2, 0.25) is 0 Å². The molecule has 3 N–H and O–H groups in total. The average Bonchev–Trinajstić information content (AvgIpc) is 2.67. The minimum atomic E-state index is -4.09. The topological polar surface area (TPSA) is 165 Å². The van der Waals surface area contributed by atoms with Gasteiger partial charge in [-0.15, -0.1) is 0 Å². The molecule has 0 bridgehead atoms. The van der Waals surface area contributed by atoms with E-state index in [9.17, 15) is 21.4 Å². The van der Waals surface area contributed by atoms with E-state index < -0.39 is 20.2 Å². The number of hydrogen-bond donors (Lipinski definition) is 3. The molecule has 0 unspecified atom stereocenters. The second-order valence-corrected chi connectivity index (χ2v) is 10.5. The number of aliphatic hydroxyl groups is 2. The molecule has 2 heterocycles. The third kappa shape index (κ3) is 16.8. The van der Waals surface area contributed by atoms with Gasteiger partial charge in [-0.05, 0) is 0 Å². The summed E-state index contributed by atoms with van der Waals surface area (Å²) in [6, 6.07) is 0. The summed E-state index contributed by atoms with van der Waals surface area (Å²) in [5, 5.41) is 17.4. The van der Waals surface area contributed by atoms with Gasteiger partial charge in [0.2, 0.25) is 0 Å². The van der Waals surface area contributed by atoms with E-state index in [0.717, 1.165) is 52.4 Å². The van der Waals surface area contributed by atoms with Gasteiger partial charge in [0.05, 0.1) is 34.8 Å². The van der Waals surface area contributed by atoms with Crippen LogP contribution in [0.15, 0.2) is 0 Å². The van der Waals surface area contributed by atoms with Gasteiger partial charge < -0.3 is 14.8 Å². The van der Waals surface area contributed by atoms with Crippen LogP contribution in [0.3, 0.4) is 0 Å². The second-order valence-electron chi connectivity index (χ2n) is 7.36. The molecule has 0 amide bonds. The molecule has 0 saturated carbocycles. The Morgan fingerprint density at radius 1 is 0.613 bits per heavy atom. The number of piperazine rings is 2.